The van der Waals surface area contributed by atoms with Crippen LogP contribution < -0.4 is 0 Å². The van der Waals surface area contributed by atoms with E-state index in [2.05, 4.69) is 43.1 Å². The van der Waals surface area contributed by atoms with Crippen LogP contribution in [0.15, 0.2) is 42.6 Å². The molecule has 25 heavy (non-hydrogen) atoms. The van der Waals surface area contributed by atoms with Gasteiger partial charge in [0, 0.05) is 11.9 Å². The lowest BCUT2D eigenvalue weighted by atomic mass is 10.0. The first-order chi connectivity index (χ1) is 12.2. The maximum absolute atomic E-state index is 12.4. The fraction of sp³-hybridized carbons (Fsp3) is 0.455. The predicted molar refractivity (Wildman–Crippen MR) is 102 cm³/mol. The van der Waals surface area contributed by atoms with Gasteiger partial charge in [-0.1, -0.05) is 57.9 Å². The first kappa shape index (κ1) is 19.2. The highest BCUT2D eigenvalue weighted by atomic mass is 16.5. The summed E-state index contributed by atoms with van der Waals surface area (Å²) < 4.78 is 5.70. The molecule has 134 valence electrons. The number of hydrogen-bond donors (Lipinski definition) is 0. The summed E-state index contributed by atoms with van der Waals surface area (Å²) in [5.74, 6) is -0.306. The van der Waals surface area contributed by atoms with Crippen LogP contribution in [0.4, 0.5) is 0 Å². The molecule has 1 heterocycles. The van der Waals surface area contributed by atoms with Crippen molar-refractivity contribution in [2.75, 3.05) is 0 Å². The minimum Gasteiger partial charge on any atom is -0.454 e. The fourth-order valence-corrected chi connectivity index (χ4v) is 2.80. The standard InChI is InChI=1S/C22H29NO2/c1-4-7-8-9-20-15-14-19(16-23-20)22(24)25-21(6-3)18-12-10-17(5-2)11-13-18/h10-16,21H,4-9H2,1-3H3. The second-order valence-electron chi connectivity index (χ2n) is 6.39. The SMILES string of the molecule is CCCCCc1ccc(C(=O)OC(CC)c2ccc(CC)cc2)cn1. The zero-order valence-corrected chi connectivity index (χ0v) is 15.6. The van der Waals surface area contributed by atoms with Gasteiger partial charge in [-0.3, -0.25) is 4.98 Å². The molecule has 0 saturated carbocycles. The third kappa shape index (κ3) is 5.70. The summed E-state index contributed by atoms with van der Waals surface area (Å²) in [6, 6.07) is 12.1. The number of pyridine rings is 1. The summed E-state index contributed by atoms with van der Waals surface area (Å²) in [6.45, 7) is 6.35. The topological polar surface area (TPSA) is 39.2 Å². The highest BCUT2D eigenvalue weighted by molar-refractivity contribution is 5.89. The molecule has 1 atom stereocenters. The third-order valence-corrected chi connectivity index (χ3v) is 4.48. The van der Waals surface area contributed by atoms with Gasteiger partial charge in [-0.2, -0.15) is 0 Å². The van der Waals surface area contributed by atoms with E-state index in [9.17, 15) is 4.79 Å². The summed E-state index contributed by atoms with van der Waals surface area (Å²) in [4.78, 5) is 16.8. The van der Waals surface area contributed by atoms with Crippen molar-refractivity contribution in [3.63, 3.8) is 0 Å². The largest absolute Gasteiger partial charge is 0.454 e. The lowest BCUT2D eigenvalue weighted by Gasteiger charge is -2.17. The molecule has 2 aromatic rings. The molecular weight excluding hydrogens is 310 g/mol. The Morgan fingerprint density at radius 3 is 2.36 bits per heavy atom. The smallest absolute Gasteiger partial charge is 0.340 e. The predicted octanol–water partition coefficient (Wildman–Crippen LogP) is 5.68. The van der Waals surface area contributed by atoms with Gasteiger partial charge in [0.1, 0.15) is 6.10 Å². The van der Waals surface area contributed by atoms with Crippen molar-refractivity contribution in [3.05, 3.63) is 65.0 Å². The quantitative estimate of drug-likeness (QED) is 0.435. The molecule has 3 heteroatoms. The van der Waals surface area contributed by atoms with E-state index in [1.54, 1.807) is 6.20 Å². The lowest BCUT2D eigenvalue weighted by Crippen LogP contribution is -2.11. The molecule has 1 aromatic heterocycles. The molecule has 0 bridgehead atoms. The van der Waals surface area contributed by atoms with Crippen molar-refractivity contribution in [2.45, 2.75) is 65.4 Å². The lowest BCUT2D eigenvalue weighted by molar-refractivity contribution is 0.0287. The number of carbonyl (C=O) groups is 1. The van der Waals surface area contributed by atoms with E-state index >= 15 is 0 Å². The molecule has 0 spiro atoms. The number of benzene rings is 1. The second-order valence-corrected chi connectivity index (χ2v) is 6.39. The zero-order valence-electron chi connectivity index (χ0n) is 15.6. The Bertz CT molecular complexity index is 647. The van der Waals surface area contributed by atoms with Gasteiger partial charge in [0.25, 0.3) is 0 Å². The fourth-order valence-electron chi connectivity index (χ4n) is 2.80. The molecule has 3 nitrogen and oxygen atoms in total. The molecule has 1 aromatic carbocycles. The van der Waals surface area contributed by atoms with Crippen LogP contribution in [0.25, 0.3) is 0 Å². The molecule has 0 radical (unpaired) electrons. The minimum atomic E-state index is -0.306. The molecule has 0 aliphatic carbocycles. The Kier molecular flexibility index (Phi) is 7.65. The number of unbranched alkanes of at least 4 members (excludes halogenated alkanes) is 2. The average molecular weight is 339 g/mol. The van der Waals surface area contributed by atoms with Gasteiger partial charge in [0.2, 0.25) is 0 Å². The van der Waals surface area contributed by atoms with E-state index in [1.807, 2.05) is 19.1 Å². The van der Waals surface area contributed by atoms with Crippen molar-refractivity contribution in [1.29, 1.82) is 0 Å². The van der Waals surface area contributed by atoms with E-state index in [0.29, 0.717) is 5.56 Å². The highest BCUT2D eigenvalue weighted by Gasteiger charge is 2.16. The van der Waals surface area contributed by atoms with Crippen LogP contribution in [0.5, 0.6) is 0 Å². The molecule has 0 aliphatic rings. The molecule has 0 saturated heterocycles. The number of esters is 1. The number of rotatable bonds is 9. The van der Waals surface area contributed by atoms with Gasteiger partial charge >= 0.3 is 5.97 Å². The Hall–Kier alpha value is -2.16. The van der Waals surface area contributed by atoms with Crippen LogP contribution in [0.1, 0.15) is 79.7 Å². The molecule has 1 unspecified atom stereocenters. The van der Waals surface area contributed by atoms with Crippen LogP contribution in [-0.4, -0.2) is 11.0 Å². The van der Waals surface area contributed by atoms with Crippen LogP contribution in [0.2, 0.25) is 0 Å². The molecule has 0 amide bonds. The van der Waals surface area contributed by atoms with E-state index in [0.717, 1.165) is 36.9 Å². The van der Waals surface area contributed by atoms with E-state index in [1.165, 1.54) is 18.4 Å². The van der Waals surface area contributed by atoms with Crippen molar-refractivity contribution >= 4 is 5.97 Å². The van der Waals surface area contributed by atoms with Gasteiger partial charge < -0.3 is 4.74 Å². The van der Waals surface area contributed by atoms with Crippen LogP contribution in [0, 0.1) is 0 Å². The Morgan fingerprint density at radius 1 is 1.04 bits per heavy atom. The Morgan fingerprint density at radius 2 is 1.80 bits per heavy atom. The normalized spacial score (nSPS) is 12.0. The minimum absolute atomic E-state index is 0.220. The maximum atomic E-state index is 12.4. The molecule has 2 rings (SSSR count). The summed E-state index contributed by atoms with van der Waals surface area (Å²) >= 11 is 0. The number of aryl methyl sites for hydroxylation is 2. The molecule has 0 N–H and O–H groups in total. The van der Waals surface area contributed by atoms with Gasteiger partial charge in [0.05, 0.1) is 5.56 Å². The summed E-state index contributed by atoms with van der Waals surface area (Å²) in [5, 5.41) is 0. The van der Waals surface area contributed by atoms with Crippen LogP contribution >= 0.6 is 0 Å². The average Bonchev–Trinajstić information content (AvgIpc) is 2.67. The van der Waals surface area contributed by atoms with Gasteiger partial charge in [-0.25, -0.2) is 4.79 Å². The Balaban J connectivity index is 1.98. The van der Waals surface area contributed by atoms with Crippen molar-refractivity contribution < 1.29 is 9.53 Å². The van der Waals surface area contributed by atoms with Crippen molar-refractivity contribution in [2.24, 2.45) is 0 Å². The Labute approximate surface area is 151 Å². The van der Waals surface area contributed by atoms with Gasteiger partial charge in [-0.05, 0) is 48.9 Å². The first-order valence-corrected chi connectivity index (χ1v) is 9.42. The molecule has 0 aliphatic heterocycles. The van der Waals surface area contributed by atoms with Crippen molar-refractivity contribution in [3.8, 4) is 0 Å². The monoisotopic (exact) mass is 339 g/mol. The van der Waals surface area contributed by atoms with Crippen LogP contribution in [-0.2, 0) is 17.6 Å². The van der Waals surface area contributed by atoms with Crippen molar-refractivity contribution in [1.82, 2.24) is 4.98 Å². The molecule has 0 fully saturated rings. The van der Waals surface area contributed by atoms with Crippen LogP contribution in [0.3, 0.4) is 0 Å². The number of carbonyl (C=O) groups excluding carboxylic acids is 1. The highest BCUT2D eigenvalue weighted by Crippen LogP contribution is 2.23. The van der Waals surface area contributed by atoms with E-state index in [-0.39, 0.29) is 12.1 Å². The summed E-state index contributed by atoms with van der Waals surface area (Å²) in [6.07, 6.45) is 7.68. The third-order valence-electron chi connectivity index (χ3n) is 4.48. The number of hydrogen-bond acceptors (Lipinski definition) is 3. The zero-order chi connectivity index (χ0) is 18.1. The van der Waals surface area contributed by atoms with E-state index in [4.69, 9.17) is 4.74 Å². The molecular formula is C22H29NO2. The second kappa shape index (κ2) is 9.97. The summed E-state index contributed by atoms with van der Waals surface area (Å²) in [5.41, 5.74) is 3.88. The first-order valence-electron chi connectivity index (χ1n) is 9.42. The van der Waals surface area contributed by atoms with Gasteiger partial charge in [-0.15, -0.1) is 0 Å². The number of nitrogens with zero attached hydrogens (tertiary/aromatic N) is 1. The summed E-state index contributed by atoms with van der Waals surface area (Å²) in [7, 11) is 0. The van der Waals surface area contributed by atoms with Gasteiger partial charge in [0.15, 0.2) is 0 Å². The number of aromatic nitrogens is 1. The van der Waals surface area contributed by atoms with E-state index < -0.39 is 0 Å². The number of ether oxygens (including phenoxy) is 1. The maximum Gasteiger partial charge on any atom is 0.340 e.